The van der Waals surface area contributed by atoms with E-state index in [0.29, 0.717) is 53.8 Å². The summed E-state index contributed by atoms with van der Waals surface area (Å²) in [6.45, 7) is 8.34. The van der Waals surface area contributed by atoms with Gasteiger partial charge in [0.1, 0.15) is 17.1 Å². The number of anilines is 2. The molecule has 0 unspecified atom stereocenters. The van der Waals surface area contributed by atoms with Gasteiger partial charge in [-0.2, -0.15) is 0 Å². The number of methoxy groups -OCH3 is 1. The van der Waals surface area contributed by atoms with Crippen LogP contribution in [0.25, 0.3) is 12.2 Å². The van der Waals surface area contributed by atoms with Crippen molar-refractivity contribution in [3.8, 4) is 5.75 Å². The SMILES string of the molecule is COc1ccc(/C=C/c2ccc(C(=O)Nc3cc(C(=O)Nc4cc(C(=O)NCCN5CCOCC5)n(C(C)C)c4)n(C)c3)cn2)cc1. The van der Waals surface area contributed by atoms with Gasteiger partial charge in [-0.3, -0.25) is 24.3 Å². The van der Waals surface area contributed by atoms with Crippen LogP contribution < -0.4 is 20.7 Å². The third-order valence-corrected chi connectivity index (χ3v) is 7.82. The van der Waals surface area contributed by atoms with E-state index in [1.54, 1.807) is 55.4 Å². The van der Waals surface area contributed by atoms with Crippen LogP contribution in [0.1, 0.15) is 62.5 Å². The Kier molecular flexibility index (Phi) is 10.9. The van der Waals surface area contributed by atoms with Crippen molar-refractivity contribution in [2.24, 2.45) is 7.05 Å². The van der Waals surface area contributed by atoms with Gasteiger partial charge in [0.25, 0.3) is 17.7 Å². The van der Waals surface area contributed by atoms with Gasteiger partial charge in [-0.05, 0) is 61.9 Å². The summed E-state index contributed by atoms with van der Waals surface area (Å²) < 4.78 is 14.0. The second-order valence-corrected chi connectivity index (χ2v) is 11.5. The minimum atomic E-state index is -0.372. The highest BCUT2D eigenvalue weighted by atomic mass is 16.5. The summed E-state index contributed by atoms with van der Waals surface area (Å²) in [6, 6.07) is 14.4. The van der Waals surface area contributed by atoms with E-state index < -0.39 is 0 Å². The molecule has 3 aromatic heterocycles. The van der Waals surface area contributed by atoms with Gasteiger partial charge >= 0.3 is 0 Å². The van der Waals surface area contributed by atoms with Crippen LogP contribution in [0.3, 0.4) is 0 Å². The topological polar surface area (TPSA) is 132 Å². The van der Waals surface area contributed by atoms with Crippen LogP contribution in [-0.4, -0.2) is 83.2 Å². The van der Waals surface area contributed by atoms with Crippen LogP contribution in [0.5, 0.6) is 5.75 Å². The molecule has 12 nitrogen and oxygen atoms in total. The molecule has 0 bridgehead atoms. The molecule has 1 saturated heterocycles. The second kappa shape index (κ2) is 15.4. The Balaban J connectivity index is 1.17. The van der Waals surface area contributed by atoms with Gasteiger partial charge in [0.2, 0.25) is 0 Å². The van der Waals surface area contributed by atoms with Gasteiger partial charge in [0.15, 0.2) is 0 Å². The van der Waals surface area contributed by atoms with Gasteiger partial charge in [0.05, 0.1) is 43.0 Å². The summed E-state index contributed by atoms with van der Waals surface area (Å²) in [6.07, 6.45) is 8.73. The highest BCUT2D eigenvalue weighted by Gasteiger charge is 2.20. The van der Waals surface area contributed by atoms with Crippen LogP contribution >= 0.6 is 0 Å². The number of amides is 3. The lowest BCUT2D eigenvalue weighted by Crippen LogP contribution is -2.41. The Morgan fingerprint density at radius 1 is 0.915 bits per heavy atom. The third kappa shape index (κ3) is 8.75. The standard InChI is InChI=1S/C35H41N7O5/c1-24(2)42-23-29(20-32(42)34(44)36-13-14-41-15-17-47-18-16-41)39-35(45)31-19-28(22-40(31)3)38-33(43)26-8-10-27(37-21-26)9-5-25-6-11-30(46-4)12-7-25/h5-12,19-24H,13-18H2,1-4H3,(H,36,44)(H,38,43)(H,39,45)/b9-5+. The summed E-state index contributed by atoms with van der Waals surface area (Å²) in [5.74, 6) is -0.136. The zero-order valence-electron chi connectivity index (χ0n) is 27.2. The molecule has 3 N–H and O–H groups in total. The predicted octanol–water partition coefficient (Wildman–Crippen LogP) is 4.55. The first-order valence-electron chi connectivity index (χ1n) is 15.6. The van der Waals surface area contributed by atoms with Crippen molar-refractivity contribution >= 4 is 41.2 Å². The van der Waals surface area contributed by atoms with Gasteiger partial charge in [-0.25, -0.2) is 0 Å². The highest BCUT2D eigenvalue weighted by Crippen LogP contribution is 2.21. The Hall–Kier alpha value is -5.20. The first-order valence-corrected chi connectivity index (χ1v) is 15.6. The number of hydrogen-bond donors (Lipinski definition) is 3. The van der Waals surface area contributed by atoms with Crippen LogP contribution in [0, 0.1) is 0 Å². The van der Waals surface area contributed by atoms with Crippen molar-refractivity contribution in [2.45, 2.75) is 19.9 Å². The van der Waals surface area contributed by atoms with Gasteiger partial charge in [-0.1, -0.05) is 18.2 Å². The van der Waals surface area contributed by atoms with E-state index in [1.165, 1.54) is 6.20 Å². The summed E-state index contributed by atoms with van der Waals surface area (Å²) in [4.78, 5) is 45.9. The summed E-state index contributed by atoms with van der Waals surface area (Å²) in [5, 5.41) is 8.72. The van der Waals surface area contributed by atoms with E-state index in [0.717, 1.165) is 30.9 Å². The quantitative estimate of drug-likeness (QED) is 0.207. The lowest BCUT2D eigenvalue weighted by molar-refractivity contribution is 0.0383. The van der Waals surface area contributed by atoms with Crippen molar-refractivity contribution in [1.82, 2.24) is 24.3 Å². The Bertz CT molecular complexity index is 1720. The lowest BCUT2D eigenvalue weighted by Gasteiger charge is -2.26. The largest absolute Gasteiger partial charge is 0.497 e. The number of carbonyl (C=O) groups excluding carboxylic acids is 3. The number of carbonyl (C=O) groups is 3. The average Bonchev–Trinajstić information content (AvgIpc) is 3.68. The molecule has 5 rings (SSSR count). The van der Waals surface area contributed by atoms with Crippen molar-refractivity contribution < 1.29 is 23.9 Å². The summed E-state index contributed by atoms with van der Waals surface area (Å²) >= 11 is 0. The van der Waals surface area contributed by atoms with Crippen LogP contribution in [-0.2, 0) is 11.8 Å². The molecule has 1 aromatic carbocycles. The number of aryl methyl sites for hydroxylation is 1. The zero-order valence-corrected chi connectivity index (χ0v) is 27.2. The van der Waals surface area contributed by atoms with Crippen molar-refractivity contribution in [3.05, 3.63) is 95.3 Å². The summed E-state index contributed by atoms with van der Waals surface area (Å²) in [5.41, 5.74) is 3.85. The first kappa shape index (κ1) is 33.2. The van der Waals surface area contributed by atoms with Crippen LogP contribution in [0.4, 0.5) is 11.4 Å². The van der Waals surface area contributed by atoms with Gasteiger partial charge < -0.3 is 34.6 Å². The number of morpholine rings is 1. The Morgan fingerprint density at radius 3 is 2.30 bits per heavy atom. The van der Waals surface area contributed by atoms with Crippen molar-refractivity contribution in [2.75, 3.05) is 57.1 Å². The van der Waals surface area contributed by atoms with E-state index in [2.05, 4.69) is 25.8 Å². The second-order valence-electron chi connectivity index (χ2n) is 11.5. The molecule has 0 radical (unpaired) electrons. The minimum absolute atomic E-state index is 0.00515. The van der Waals surface area contributed by atoms with E-state index in [4.69, 9.17) is 9.47 Å². The van der Waals surface area contributed by atoms with E-state index in [-0.39, 0.29) is 23.8 Å². The average molecular weight is 640 g/mol. The van der Waals surface area contributed by atoms with E-state index in [1.807, 2.05) is 54.8 Å². The van der Waals surface area contributed by atoms with Crippen LogP contribution in [0.2, 0.25) is 0 Å². The lowest BCUT2D eigenvalue weighted by atomic mass is 10.1. The molecule has 1 fully saturated rings. The first-order chi connectivity index (χ1) is 22.7. The maximum Gasteiger partial charge on any atom is 0.272 e. The molecule has 4 aromatic rings. The maximum absolute atomic E-state index is 13.3. The number of aromatic nitrogens is 3. The molecule has 4 heterocycles. The van der Waals surface area contributed by atoms with Gasteiger partial charge in [-0.15, -0.1) is 0 Å². The zero-order chi connectivity index (χ0) is 33.3. The summed E-state index contributed by atoms with van der Waals surface area (Å²) in [7, 11) is 3.35. The monoisotopic (exact) mass is 639 g/mol. The number of hydrogen-bond acceptors (Lipinski definition) is 7. The van der Waals surface area contributed by atoms with Crippen LogP contribution in [0.15, 0.2) is 67.1 Å². The number of nitrogens with zero attached hydrogens (tertiary/aromatic N) is 4. The predicted molar refractivity (Wildman–Crippen MR) is 182 cm³/mol. The number of nitrogens with one attached hydrogen (secondary N) is 3. The number of benzene rings is 1. The van der Waals surface area contributed by atoms with E-state index >= 15 is 0 Å². The smallest absolute Gasteiger partial charge is 0.272 e. The van der Waals surface area contributed by atoms with Crippen molar-refractivity contribution in [3.63, 3.8) is 0 Å². The van der Waals surface area contributed by atoms with Gasteiger partial charge in [0, 0.05) is 57.9 Å². The Morgan fingerprint density at radius 2 is 1.62 bits per heavy atom. The molecule has 0 aliphatic carbocycles. The molecule has 0 spiro atoms. The normalized spacial score (nSPS) is 13.6. The molecular weight excluding hydrogens is 598 g/mol. The van der Waals surface area contributed by atoms with E-state index in [9.17, 15) is 14.4 Å². The fraction of sp³-hybridized carbons (Fsp3) is 0.314. The molecule has 12 heteroatoms. The fourth-order valence-corrected chi connectivity index (χ4v) is 5.19. The highest BCUT2D eigenvalue weighted by molar-refractivity contribution is 6.07. The number of ether oxygens (including phenoxy) is 2. The molecule has 1 aliphatic heterocycles. The fourth-order valence-electron chi connectivity index (χ4n) is 5.19. The molecule has 0 saturated carbocycles. The Labute approximate surface area is 274 Å². The van der Waals surface area contributed by atoms with Crippen molar-refractivity contribution in [1.29, 1.82) is 0 Å². The third-order valence-electron chi connectivity index (χ3n) is 7.82. The number of rotatable bonds is 12. The molecular formula is C35H41N7O5. The molecule has 3 amide bonds. The molecule has 246 valence electrons. The number of pyridine rings is 1. The minimum Gasteiger partial charge on any atom is -0.497 e. The molecule has 47 heavy (non-hydrogen) atoms. The maximum atomic E-state index is 13.3. The molecule has 1 aliphatic rings. The molecule has 0 atom stereocenters.